The number of rotatable bonds is 4. The van der Waals surface area contributed by atoms with E-state index < -0.39 is 0 Å². The fourth-order valence-electron chi connectivity index (χ4n) is 2.81. The van der Waals surface area contributed by atoms with Gasteiger partial charge in [-0.05, 0) is 53.5 Å². The maximum atomic E-state index is 12.6. The molecule has 2 amide bonds. The van der Waals surface area contributed by atoms with Crippen LogP contribution in [0.5, 0.6) is 0 Å². The molecule has 0 unspecified atom stereocenters. The summed E-state index contributed by atoms with van der Waals surface area (Å²) < 4.78 is 2.69. The Labute approximate surface area is 153 Å². The molecule has 5 nitrogen and oxygen atoms in total. The molecule has 2 heterocycles. The molecule has 1 aromatic carbocycles. The third kappa shape index (κ3) is 3.35. The molecular weight excluding hydrogens is 394 g/mol. The smallest absolute Gasteiger partial charge is 0.272 e. The number of aromatic nitrogens is 1. The van der Waals surface area contributed by atoms with Crippen molar-refractivity contribution in [3.63, 3.8) is 0 Å². The molecule has 0 saturated carbocycles. The van der Waals surface area contributed by atoms with E-state index in [-0.39, 0.29) is 11.8 Å². The number of aryl methyl sites for hydroxylation is 1. The number of nitrogens with one attached hydrogen (secondary N) is 1. The molecule has 0 aliphatic carbocycles. The summed E-state index contributed by atoms with van der Waals surface area (Å²) in [5.74, 6) is -0.146. The van der Waals surface area contributed by atoms with Crippen molar-refractivity contribution >= 4 is 50.7 Å². The van der Waals surface area contributed by atoms with Gasteiger partial charge in [0.2, 0.25) is 5.91 Å². The van der Waals surface area contributed by atoms with Gasteiger partial charge in [0, 0.05) is 35.9 Å². The first-order valence-corrected chi connectivity index (χ1v) is 8.93. The molecule has 1 aliphatic rings. The van der Waals surface area contributed by atoms with Gasteiger partial charge in [0.15, 0.2) is 0 Å². The zero-order valence-electron chi connectivity index (χ0n) is 13.2. The van der Waals surface area contributed by atoms with Gasteiger partial charge in [-0.1, -0.05) is 11.6 Å². The third-order valence-corrected chi connectivity index (χ3v) is 4.78. The topological polar surface area (TPSA) is 54.3 Å². The molecule has 1 aliphatic heterocycles. The van der Waals surface area contributed by atoms with Crippen LogP contribution in [-0.4, -0.2) is 22.9 Å². The van der Waals surface area contributed by atoms with Crippen LogP contribution < -0.4 is 10.2 Å². The predicted molar refractivity (Wildman–Crippen MR) is 98.8 cm³/mol. The first-order chi connectivity index (χ1) is 11.5. The van der Waals surface area contributed by atoms with Crippen LogP contribution in [0.15, 0.2) is 34.9 Å². The minimum atomic E-state index is -0.241. The second kappa shape index (κ2) is 6.99. The van der Waals surface area contributed by atoms with Gasteiger partial charge in [-0.3, -0.25) is 9.59 Å². The van der Waals surface area contributed by atoms with E-state index >= 15 is 0 Å². The van der Waals surface area contributed by atoms with Crippen molar-refractivity contribution in [2.75, 3.05) is 16.8 Å². The van der Waals surface area contributed by atoms with E-state index in [0.717, 1.165) is 16.6 Å². The summed E-state index contributed by atoms with van der Waals surface area (Å²) in [5, 5.41) is 3.28. The minimum absolute atomic E-state index is 0.0957. The first kappa shape index (κ1) is 17.0. The Morgan fingerprint density at radius 1 is 1.38 bits per heavy atom. The molecule has 3 rings (SSSR count). The number of anilines is 2. The predicted octanol–water partition coefficient (Wildman–Crippen LogP) is 4.30. The summed E-state index contributed by atoms with van der Waals surface area (Å²) in [7, 11) is 0. The number of carbonyl (C=O) groups excluding carboxylic acids is 2. The normalized spacial score (nSPS) is 14.3. The molecule has 1 fully saturated rings. The van der Waals surface area contributed by atoms with Crippen LogP contribution in [0, 0.1) is 0 Å². The van der Waals surface area contributed by atoms with Crippen LogP contribution in [0.4, 0.5) is 11.4 Å². The fourth-order valence-corrected chi connectivity index (χ4v) is 3.44. The van der Waals surface area contributed by atoms with Crippen molar-refractivity contribution < 1.29 is 9.59 Å². The van der Waals surface area contributed by atoms with Gasteiger partial charge in [-0.15, -0.1) is 0 Å². The Kier molecular flexibility index (Phi) is 4.96. The summed E-state index contributed by atoms with van der Waals surface area (Å²) in [6.07, 6.45) is 3.26. The number of benzene rings is 1. The summed E-state index contributed by atoms with van der Waals surface area (Å²) >= 11 is 9.60. The molecule has 1 aromatic heterocycles. The Morgan fingerprint density at radius 3 is 2.83 bits per heavy atom. The number of nitrogens with zero attached hydrogens (tertiary/aromatic N) is 2. The second-order valence-corrected chi connectivity index (χ2v) is 6.92. The van der Waals surface area contributed by atoms with Crippen LogP contribution in [0.1, 0.15) is 30.3 Å². The van der Waals surface area contributed by atoms with Gasteiger partial charge in [0.05, 0.1) is 10.7 Å². The van der Waals surface area contributed by atoms with Crippen LogP contribution in [-0.2, 0) is 11.3 Å². The van der Waals surface area contributed by atoms with Gasteiger partial charge < -0.3 is 14.8 Å². The average molecular weight is 411 g/mol. The van der Waals surface area contributed by atoms with E-state index in [2.05, 4.69) is 21.2 Å². The van der Waals surface area contributed by atoms with Crippen molar-refractivity contribution in [3.8, 4) is 0 Å². The fraction of sp³-hybridized carbons (Fsp3) is 0.294. The molecule has 0 atom stereocenters. The van der Waals surface area contributed by atoms with Crippen molar-refractivity contribution in [1.82, 2.24) is 4.57 Å². The number of hydrogen-bond donors (Lipinski definition) is 1. The quantitative estimate of drug-likeness (QED) is 0.817. The third-order valence-electron chi connectivity index (χ3n) is 4.02. The highest BCUT2D eigenvalue weighted by Gasteiger charge is 2.23. The highest BCUT2D eigenvalue weighted by atomic mass is 79.9. The van der Waals surface area contributed by atoms with Crippen molar-refractivity contribution in [3.05, 3.63) is 45.7 Å². The Hall–Kier alpha value is -1.79. The molecule has 7 heteroatoms. The summed E-state index contributed by atoms with van der Waals surface area (Å²) in [5.41, 5.74) is 1.80. The molecule has 1 saturated heterocycles. The lowest BCUT2D eigenvalue weighted by Gasteiger charge is -2.17. The first-order valence-electron chi connectivity index (χ1n) is 7.76. The van der Waals surface area contributed by atoms with Gasteiger partial charge in [-0.25, -0.2) is 0 Å². The summed E-state index contributed by atoms with van der Waals surface area (Å²) in [6.45, 7) is 3.35. The molecule has 24 heavy (non-hydrogen) atoms. The minimum Gasteiger partial charge on any atom is -0.343 e. The van der Waals surface area contributed by atoms with Gasteiger partial charge in [0.1, 0.15) is 5.69 Å². The summed E-state index contributed by atoms with van der Waals surface area (Å²) in [6, 6.07) is 7.01. The maximum Gasteiger partial charge on any atom is 0.272 e. The van der Waals surface area contributed by atoms with Gasteiger partial charge in [-0.2, -0.15) is 0 Å². The molecule has 0 bridgehead atoms. The van der Waals surface area contributed by atoms with Crippen molar-refractivity contribution in [1.29, 1.82) is 0 Å². The van der Waals surface area contributed by atoms with E-state index in [9.17, 15) is 9.59 Å². The lowest BCUT2D eigenvalue weighted by Crippen LogP contribution is -2.24. The van der Waals surface area contributed by atoms with E-state index in [1.54, 1.807) is 29.2 Å². The van der Waals surface area contributed by atoms with E-state index in [4.69, 9.17) is 11.6 Å². The van der Waals surface area contributed by atoms with Gasteiger partial charge in [0.25, 0.3) is 5.91 Å². The monoisotopic (exact) mass is 409 g/mol. The zero-order valence-corrected chi connectivity index (χ0v) is 15.5. The Morgan fingerprint density at radius 2 is 2.17 bits per heavy atom. The molecule has 2 aromatic rings. The van der Waals surface area contributed by atoms with Crippen molar-refractivity contribution in [2.24, 2.45) is 0 Å². The lowest BCUT2D eigenvalue weighted by atomic mass is 10.2. The van der Waals surface area contributed by atoms with E-state index in [1.807, 2.05) is 17.7 Å². The van der Waals surface area contributed by atoms with Crippen LogP contribution in [0.2, 0.25) is 5.02 Å². The van der Waals surface area contributed by atoms with E-state index in [0.29, 0.717) is 35.9 Å². The highest BCUT2D eigenvalue weighted by molar-refractivity contribution is 9.10. The van der Waals surface area contributed by atoms with Crippen LogP contribution in [0.25, 0.3) is 0 Å². The number of halogens is 2. The number of hydrogen-bond acceptors (Lipinski definition) is 2. The Balaban J connectivity index is 1.86. The standard InChI is InChI=1S/C17H17BrClN3O2/c1-2-21-10-11(18)8-15(21)17(24)20-14-9-12(5-6-13(14)19)22-7-3-4-16(22)23/h5-6,8-10H,2-4,7H2,1H3,(H,20,24). The van der Waals surface area contributed by atoms with E-state index in [1.165, 1.54) is 0 Å². The average Bonchev–Trinajstić information content (AvgIpc) is 3.15. The number of carbonyl (C=O) groups is 2. The zero-order chi connectivity index (χ0) is 17.3. The maximum absolute atomic E-state index is 12.6. The lowest BCUT2D eigenvalue weighted by molar-refractivity contribution is -0.117. The largest absolute Gasteiger partial charge is 0.343 e. The Bertz CT molecular complexity index is 803. The number of amides is 2. The molecule has 0 spiro atoms. The van der Waals surface area contributed by atoms with Crippen molar-refractivity contribution in [2.45, 2.75) is 26.3 Å². The van der Waals surface area contributed by atoms with Gasteiger partial charge >= 0.3 is 0 Å². The molecule has 1 N–H and O–H groups in total. The molecule has 126 valence electrons. The van der Waals surface area contributed by atoms with Crippen LogP contribution in [0.3, 0.4) is 0 Å². The SMILES string of the molecule is CCn1cc(Br)cc1C(=O)Nc1cc(N2CCCC2=O)ccc1Cl. The molecular formula is C17H17BrClN3O2. The summed E-state index contributed by atoms with van der Waals surface area (Å²) in [4.78, 5) is 26.2. The second-order valence-electron chi connectivity index (χ2n) is 5.60. The van der Waals surface area contributed by atoms with Crippen LogP contribution >= 0.6 is 27.5 Å². The molecule has 0 radical (unpaired) electrons. The highest BCUT2D eigenvalue weighted by Crippen LogP contribution is 2.30.